The van der Waals surface area contributed by atoms with Crippen LogP contribution < -0.4 is 11.1 Å². The van der Waals surface area contributed by atoms with Crippen molar-refractivity contribution < 1.29 is 4.79 Å². The van der Waals surface area contributed by atoms with E-state index in [4.69, 9.17) is 5.73 Å². The number of benzene rings is 1. The van der Waals surface area contributed by atoms with Crippen LogP contribution in [0, 0.1) is 5.92 Å². The lowest BCUT2D eigenvalue weighted by atomic mass is 10.1. The zero-order valence-electron chi connectivity index (χ0n) is 11.0. The monoisotopic (exact) mass is 274 g/mol. The van der Waals surface area contributed by atoms with Gasteiger partial charge in [-0.3, -0.25) is 4.79 Å². The second kappa shape index (κ2) is 4.85. The molecular weight excluding hydrogens is 256 g/mol. The predicted octanol–water partition coefficient (Wildman–Crippen LogP) is 3.40. The van der Waals surface area contributed by atoms with Crippen molar-refractivity contribution in [1.29, 1.82) is 0 Å². The van der Waals surface area contributed by atoms with Crippen LogP contribution in [0.1, 0.15) is 35.9 Å². The summed E-state index contributed by atoms with van der Waals surface area (Å²) in [5.74, 6) is 0.866. The summed E-state index contributed by atoms with van der Waals surface area (Å²) in [7, 11) is 0. The van der Waals surface area contributed by atoms with Crippen molar-refractivity contribution in [3.05, 3.63) is 29.1 Å². The van der Waals surface area contributed by atoms with Gasteiger partial charge < -0.3 is 11.1 Å². The highest BCUT2D eigenvalue weighted by Crippen LogP contribution is 2.33. The third-order valence-electron chi connectivity index (χ3n) is 3.53. The molecule has 2 aromatic rings. The van der Waals surface area contributed by atoms with Gasteiger partial charge in [0.25, 0.3) is 5.91 Å². The summed E-state index contributed by atoms with van der Waals surface area (Å²) in [5.41, 5.74) is 6.49. The molecule has 0 saturated heterocycles. The minimum atomic E-state index is 0.0351. The fourth-order valence-electron chi connectivity index (χ4n) is 2.38. The number of nitrogen functional groups attached to an aromatic ring is 1. The van der Waals surface area contributed by atoms with Gasteiger partial charge in [-0.05, 0) is 48.9 Å². The highest BCUT2D eigenvalue weighted by molar-refractivity contribution is 7.20. The Bertz CT molecular complexity index is 616. The van der Waals surface area contributed by atoms with E-state index in [2.05, 4.69) is 12.2 Å². The molecule has 1 aliphatic carbocycles. The minimum Gasteiger partial charge on any atom is -0.399 e. The molecule has 100 valence electrons. The molecule has 1 aliphatic rings. The van der Waals surface area contributed by atoms with Crippen LogP contribution in [0.2, 0.25) is 0 Å². The van der Waals surface area contributed by atoms with E-state index in [0.29, 0.717) is 0 Å². The van der Waals surface area contributed by atoms with Gasteiger partial charge in [0.05, 0.1) is 4.88 Å². The lowest BCUT2D eigenvalue weighted by molar-refractivity contribution is 0.0941. The van der Waals surface area contributed by atoms with E-state index in [1.807, 2.05) is 24.3 Å². The zero-order chi connectivity index (χ0) is 13.4. The molecule has 3 nitrogen and oxygen atoms in total. The van der Waals surface area contributed by atoms with Gasteiger partial charge in [-0.2, -0.15) is 0 Å². The zero-order valence-corrected chi connectivity index (χ0v) is 11.8. The van der Waals surface area contributed by atoms with Crippen LogP contribution in [0.15, 0.2) is 24.3 Å². The second-order valence-electron chi connectivity index (χ2n) is 5.46. The van der Waals surface area contributed by atoms with E-state index < -0.39 is 0 Å². The quantitative estimate of drug-likeness (QED) is 0.840. The molecule has 0 bridgehead atoms. The average molecular weight is 274 g/mol. The molecule has 1 saturated carbocycles. The number of hydrogen-bond acceptors (Lipinski definition) is 3. The number of fused-ring (bicyclic) bond motifs is 1. The van der Waals surface area contributed by atoms with Crippen LogP contribution in [0.5, 0.6) is 0 Å². The van der Waals surface area contributed by atoms with Crippen LogP contribution in [-0.2, 0) is 0 Å². The fraction of sp³-hybridized carbons (Fsp3) is 0.400. The number of anilines is 1. The van der Waals surface area contributed by atoms with Gasteiger partial charge in [-0.25, -0.2) is 0 Å². The number of carbonyl (C=O) groups is 1. The maximum absolute atomic E-state index is 12.2. The molecule has 1 aromatic carbocycles. The highest BCUT2D eigenvalue weighted by Gasteiger charge is 2.24. The third-order valence-corrected chi connectivity index (χ3v) is 4.64. The molecule has 4 heteroatoms. The van der Waals surface area contributed by atoms with Crippen molar-refractivity contribution in [1.82, 2.24) is 5.32 Å². The summed E-state index contributed by atoms with van der Waals surface area (Å²) in [5, 5.41) is 4.13. The first kappa shape index (κ1) is 12.5. The van der Waals surface area contributed by atoms with Crippen molar-refractivity contribution in [2.45, 2.75) is 32.2 Å². The standard InChI is InChI=1S/C15H18N2OS/c1-9(6-10-2-3-10)17-15(18)14-8-11-7-12(16)4-5-13(11)19-14/h4-5,7-10H,2-3,6,16H2,1H3,(H,17,18). The molecule has 1 heterocycles. The number of nitrogens with two attached hydrogens (primary N) is 1. The van der Waals surface area contributed by atoms with Gasteiger partial charge in [-0.1, -0.05) is 12.8 Å². The summed E-state index contributed by atoms with van der Waals surface area (Å²) < 4.78 is 1.11. The molecule has 3 rings (SSSR count). The Balaban J connectivity index is 1.73. The molecule has 3 N–H and O–H groups in total. The Labute approximate surface area is 116 Å². The Hall–Kier alpha value is -1.55. The molecule has 0 radical (unpaired) electrons. The van der Waals surface area contributed by atoms with E-state index in [9.17, 15) is 4.79 Å². The molecule has 0 spiro atoms. The number of rotatable bonds is 4. The number of carbonyl (C=O) groups excluding carboxylic acids is 1. The molecule has 1 fully saturated rings. The summed E-state index contributed by atoms with van der Waals surface area (Å²) in [4.78, 5) is 12.9. The molecule has 1 amide bonds. The maximum Gasteiger partial charge on any atom is 0.261 e. The van der Waals surface area contributed by atoms with Gasteiger partial charge in [0.2, 0.25) is 0 Å². The van der Waals surface area contributed by atoms with Crippen molar-refractivity contribution in [2.24, 2.45) is 5.92 Å². The number of amides is 1. The first-order valence-corrected chi connectivity index (χ1v) is 7.53. The third kappa shape index (κ3) is 2.89. The Morgan fingerprint density at radius 2 is 2.26 bits per heavy atom. The van der Waals surface area contributed by atoms with Crippen molar-refractivity contribution in [3.8, 4) is 0 Å². The summed E-state index contributed by atoms with van der Waals surface area (Å²) in [6.07, 6.45) is 3.74. The van der Waals surface area contributed by atoms with Crippen molar-refractivity contribution in [3.63, 3.8) is 0 Å². The lowest BCUT2D eigenvalue weighted by Gasteiger charge is -2.12. The van der Waals surface area contributed by atoms with E-state index in [0.717, 1.165) is 33.0 Å². The molecule has 19 heavy (non-hydrogen) atoms. The van der Waals surface area contributed by atoms with Gasteiger partial charge >= 0.3 is 0 Å². The first-order valence-electron chi connectivity index (χ1n) is 6.72. The number of thiophene rings is 1. The SMILES string of the molecule is CC(CC1CC1)NC(=O)c1cc2cc(N)ccc2s1. The Morgan fingerprint density at radius 3 is 3.00 bits per heavy atom. The van der Waals surface area contributed by atoms with Crippen LogP contribution in [-0.4, -0.2) is 11.9 Å². The molecule has 0 aliphatic heterocycles. The average Bonchev–Trinajstić information content (AvgIpc) is 3.05. The summed E-state index contributed by atoms with van der Waals surface area (Å²) in [6, 6.07) is 7.94. The molecule has 1 unspecified atom stereocenters. The van der Waals surface area contributed by atoms with E-state index in [1.54, 1.807) is 0 Å². The normalized spacial score (nSPS) is 16.5. The van der Waals surface area contributed by atoms with Crippen LogP contribution in [0.4, 0.5) is 5.69 Å². The van der Waals surface area contributed by atoms with Gasteiger partial charge in [0.15, 0.2) is 0 Å². The summed E-state index contributed by atoms with van der Waals surface area (Å²) >= 11 is 1.52. The van der Waals surface area contributed by atoms with Crippen molar-refractivity contribution in [2.75, 3.05) is 5.73 Å². The van der Waals surface area contributed by atoms with Gasteiger partial charge in [-0.15, -0.1) is 11.3 Å². The highest BCUT2D eigenvalue weighted by atomic mass is 32.1. The Morgan fingerprint density at radius 1 is 1.47 bits per heavy atom. The maximum atomic E-state index is 12.2. The molecular formula is C15H18N2OS. The van der Waals surface area contributed by atoms with E-state index >= 15 is 0 Å². The number of hydrogen-bond donors (Lipinski definition) is 2. The fourth-order valence-corrected chi connectivity index (χ4v) is 3.33. The van der Waals surface area contributed by atoms with Gasteiger partial charge in [0, 0.05) is 16.4 Å². The van der Waals surface area contributed by atoms with Gasteiger partial charge in [0.1, 0.15) is 0 Å². The molecule has 1 aromatic heterocycles. The second-order valence-corrected chi connectivity index (χ2v) is 6.55. The first-order chi connectivity index (χ1) is 9.11. The van der Waals surface area contributed by atoms with Crippen LogP contribution >= 0.6 is 11.3 Å². The van der Waals surface area contributed by atoms with E-state index in [-0.39, 0.29) is 11.9 Å². The minimum absolute atomic E-state index is 0.0351. The summed E-state index contributed by atoms with van der Waals surface area (Å²) in [6.45, 7) is 2.08. The van der Waals surface area contributed by atoms with Crippen molar-refractivity contribution >= 4 is 33.0 Å². The molecule has 1 atom stereocenters. The lowest BCUT2D eigenvalue weighted by Crippen LogP contribution is -2.32. The number of nitrogens with one attached hydrogen (secondary N) is 1. The Kier molecular flexibility index (Phi) is 3.19. The van der Waals surface area contributed by atoms with Crippen LogP contribution in [0.25, 0.3) is 10.1 Å². The largest absolute Gasteiger partial charge is 0.399 e. The topological polar surface area (TPSA) is 55.1 Å². The van der Waals surface area contributed by atoms with Crippen LogP contribution in [0.3, 0.4) is 0 Å². The predicted molar refractivity (Wildman–Crippen MR) is 80.5 cm³/mol. The smallest absolute Gasteiger partial charge is 0.261 e. The van der Waals surface area contributed by atoms with E-state index in [1.165, 1.54) is 24.2 Å².